The number of amides is 2. The second kappa shape index (κ2) is 44.2. The molecule has 0 bridgehead atoms. The van der Waals surface area contributed by atoms with E-state index < -0.39 is 17.6 Å². The van der Waals surface area contributed by atoms with E-state index in [4.69, 9.17) is 96.9 Å². The number of carbonyl (C=O) groups excluding carboxylic acids is 6. The molecule has 3 saturated heterocycles. The summed E-state index contributed by atoms with van der Waals surface area (Å²) in [7, 11) is 22.2. The van der Waals surface area contributed by atoms with Crippen molar-refractivity contribution in [1.29, 1.82) is 0 Å². The number of ether oxygens (including phenoxy) is 18. The Morgan fingerprint density at radius 1 is 0.358 bits per heavy atom. The highest BCUT2D eigenvalue weighted by molar-refractivity contribution is 6.61. The van der Waals surface area contributed by atoms with Crippen LogP contribution in [0.2, 0.25) is 0 Å². The highest BCUT2D eigenvalue weighted by Gasteiger charge is 2.40. The molecule has 26 nitrogen and oxygen atoms in total. The van der Waals surface area contributed by atoms with Crippen LogP contribution in [0.25, 0.3) is 0 Å². The number of nitrogens with zero attached hydrogens (tertiary/aromatic N) is 2. The number of benzene rings is 6. The number of likely N-dealkylation sites (N-methyl/N-ethyl adjacent to an activating group) is 2. The van der Waals surface area contributed by atoms with Crippen molar-refractivity contribution in [3.05, 3.63) is 143 Å². The van der Waals surface area contributed by atoms with Gasteiger partial charge >= 0.3 is 35.5 Å². The van der Waals surface area contributed by atoms with Crippen LogP contribution in [-0.2, 0) is 81.3 Å². The van der Waals surface area contributed by atoms with Gasteiger partial charge in [0.25, 0.3) is 0 Å². The first-order valence-corrected chi connectivity index (χ1v) is 34.9. The number of carbonyl (C=O) groups is 6. The summed E-state index contributed by atoms with van der Waals surface area (Å²) in [6, 6.07) is 32.9. The largest absolute Gasteiger partial charge is 0.493 e. The van der Waals surface area contributed by atoms with Crippen LogP contribution in [0.15, 0.2) is 109 Å². The van der Waals surface area contributed by atoms with E-state index in [0.717, 1.165) is 40.0 Å². The van der Waals surface area contributed by atoms with Crippen LogP contribution in [0.4, 0.5) is 14.4 Å². The highest BCUT2D eigenvalue weighted by atomic mass is 35.5. The summed E-state index contributed by atoms with van der Waals surface area (Å²) in [5.74, 6) is 4.41. The highest BCUT2D eigenvalue weighted by Crippen LogP contribution is 2.40. The Labute approximate surface area is 625 Å². The minimum Gasteiger partial charge on any atom is -0.493 e. The van der Waals surface area contributed by atoms with Gasteiger partial charge in [0, 0.05) is 84.5 Å². The molecule has 2 amide bonds. The minimum atomic E-state index is -0.949. The summed E-state index contributed by atoms with van der Waals surface area (Å²) in [5, 5.41) is 0. The molecule has 6 atom stereocenters. The van der Waals surface area contributed by atoms with Crippen molar-refractivity contribution in [2.45, 2.75) is 58.3 Å². The molecule has 0 spiro atoms. The monoisotopic (exact) mass is 1500 g/mol. The van der Waals surface area contributed by atoms with Gasteiger partial charge in [0.1, 0.15) is 0 Å². The molecule has 27 heteroatoms. The molecule has 9 rings (SSSR count). The number of hydrogen-bond acceptors (Lipinski definition) is 24. The molecule has 3 aliphatic heterocycles. The van der Waals surface area contributed by atoms with E-state index in [0.29, 0.717) is 148 Å². The Bertz CT molecular complexity index is 3650. The third kappa shape index (κ3) is 25.2. The lowest BCUT2D eigenvalue weighted by molar-refractivity contribution is -0.142. The SMILES string of the molecule is CCCCOC.COCCN(C)C(=O)Oc1ccc(C[C@H]2C(=O)OC[C@@H]2Cc2ccc(OC)c(OC)c2)cc1OC.COCCN(C)C(=O)Oc1ccc(C[C@H]2C(=O)OC[C@@H]2Cc2ccc(OC)c(OC)c2)cc1OC.COc1ccc(C[C@H]2COC(=O)[C@@H]2Cc2ccc(OC(=O)Cl)c(OC)c2)cc1OC. The number of halogens is 1. The topological polar surface area (TPSA) is 275 Å². The van der Waals surface area contributed by atoms with E-state index in [1.807, 2.05) is 66.7 Å². The molecule has 0 radical (unpaired) electrons. The summed E-state index contributed by atoms with van der Waals surface area (Å²) in [4.78, 5) is 75.9. The number of hydrogen-bond donors (Lipinski definition) is 0. The Kier molecular flexibility index (Phi) is 35.4. The van der Waals surface area contributed by atoms with Crippen molar-refractivity contribution in [2.24, 2.45) is 35.5 Å². The van der Waals surface area contributed by atoms with E-state index in [9.17, 15) is 28.8 Å². The van der Waals surface area contributed by atoms with Crippen molar-refractivity contribution >= 4 is 47.1 Å². The lowest BCUT2D eigenvalue weighted by Gasteiger charge is -2.19. The summed E-state index contributed by atoms with van der Waals surface area (Å²) in [6.45, 7) is 5.76. The predicted molar refractivity (Wildman–Crippen MR) is 393 cm³/mol. The van der Waals surface area contributed by atoms with Crippen LogP contribution in [0, 0.1) is 35.5 Å². The molecule has 3 aliphatic rings. The molecule has 0 aliphatic carbocycles. The van der Waals surface area contributed by atoms with Crippen LogP contribution in [0.5, 0.6) is 69.0 Å². The number of cyclic esters (lactones) is 3. The van der Waals surface area contributed by atoms with E-state index in [1.54, 1.807) is 121 Å². The van der Waals surface area contributed by atoms with E-state index in [-0.39, 0.29) is 59.2 Å². The zero-order valence-electron chi connectivity index (χ0n) is 63.2. The molecule has 578 valence electrons. The predicted octanol–water partition coefficient (Wildman–Crippen LogP) is 12.2. The molecule has 0 N–H and O–H groups in total. The van der Waals surface area contributed by atoms with Gasteiger partial charge in [0.15, 0.2) is 69.0 Å². The fourth-order valence-electron chi connectivity index (χ4n) is 12.0. The number of esters is 3. The van der Waals surface area contributed by atoms with Gasteiger partial charge in [-0.25, -0.2) is 14.4 Å². The fraction of sp³-hybridized carbons (Fsp3) is 0.468. The first kappa shape index (κ1) is 85.0. The van der Waals surface area contributed by atoms with Gasteiger partial charge in [-0.15, -0.1) is 0 Å². The van der Waals surface area contributed by atoms with Crippen LogP contribution in [-0.4, -0.2) is 197 Å². The molecule has 106 heavy (non-hydrogen) atoms. The summed E-state index contributed by atoms with van der Waals surface area (Å²) < 4.78 is 95.0. The smallest absolute Gasteiger partial charge is 0.415 e. The minimum absolute atomic E-state index is 0.0125. The Hall–Kier alpha value is -9.89. The van der Waals surface area contributed by atoms with E-state index >= 15 is 0 Å². The Balaban J connectivity index is 0.000000240. The molecule has 0 aromatic heterocycles. The zero-order valence-corrected chi connectivity index (χ0v) is 64.0. The van der Waals surface area contributed by atoms with Gasteiger partial charge in [0.05, 0.1) is 115 Å². The number of rotatable bonds is 33. The van der Waals surface area contributed by atoms with Crippen molar-refractivity contribution in [3.8, 4) is 69.0 Å². The average Bonchev–Trinajstić information content (AvgIpc) is 1.67. The summed E-state index contributed by atoms with van der Waals surface area (Å²) in [5.41, 5.74) is 4.79. The third-order valence-electron chi connectivity index (χ3n) is 18.0. The maximum absolute atomic E-state index is 12.5. The van der Waals surface area contributed by atoms with Crippen LogP contribution < -0.4 is 56.8 Å². The first-order valence-electron chi connectivity index (χ1n) is 34.5. The van der Waals surface area contributed by atoms with Crippen LogP contribution in [0.1, 0.15) is 53.1 Å². The van der Waals surface area contributed by atoms with Crippen molar-refractivity contribution < 1.29 is 114 Å². The van der Waals surface area contributed by atoms with Crippen molar-refractivity contribution in [3.63, 3.8) is 0 Å². The van der Waals surface area contributed by atoms with Gasteiger partial charge in [-0.2, -0.15) is 0 Å². The number of methoxy groups -OCH3 is 12. The second-order valence-electron chi connectivity index (χ2n) is 25.0. The molecule has 6 aromatic rings. The van der Waals surface area contributed by atoms with Crippen molar-refractivity contribution in [2.75, 3.05) is 152 Å². The lowest BCUT2D eigenvalue weighted by Crippen LogP contribution is -2.32. The third-order valence-corrected chi connectivity index (χ3v) is 18.1. The van der Waals surface area contributed by atoms with Crippen LogP contribution in [0.3, 0.4) is 0 Å². The second-order valence-corrected chi connectivity index (χ2v) is 25.3. The summed E-state index contributed by atoms with van der Waals surface area (Å²) >= 11 is 5.28. The van der Waals surface area contributed by atoms with Gasteiger partial charge < -0.3 is 95.1 Å². The normalized spacial score (nSPS) is 16.8. The van der Waals surface area contributed by atoms with E-state index in [2.05, 4.69) is 6.92 Å². The zero-order chi connectivity index (χ0) is 77.2. The van der Waals surface area contributed by atoms with Gasteiger partial charge in [-0.05, 0) is 151 Å². The van der Waals surface area contributed by atoms with Crippen LogP contribution >= 0.6 is 11.6 Å². The quantitative estimate of drug-likeness (QED) is 0.0160. The Morgan fingerprint density at radius 2 is 0.604 bits per heavy atom. The van der Waals surface area contributed by atoms with Gasteiger partial charge in [0.2, 0.25) is 0 Å². The maximum atomic E-state index is 12.5. The molecular weight excluding hydrogens is 1400 g/mol. The molecule has 3 heterocycles. The Morgan fingerprint density at radius 3 is 0.840 bits per heavy atom. The molecule has 3 fully saturated rings. The fourth-order valence-corrected chi connectivity index (χ4v) is 12.1. The number of unbranched alkanes of at least 4 members (excludes halogenated alkanes) is 1. The lowest BCUT2D eigenvalue weighted by atomic mass is 9.85. The van der Waals surface area contributed by atoms with Gasteiger partial charge in [-0.1, -0.05) is 49.7 Å². The van der Waals surface area contributed by atoms with Crippen molar-refractivity contribution in [1.82, 2.24) is 9.80 Å². The maximum Gasteiger partial charge on any atom is 0.415 e. The molecule has 0 unspecified atom stereocenters. The first-order chi connectivity index (χ1) is 51.1. The van der Waals surface area contributed by atoms with Gasteiger partial charge in [-0.3, -0.25) is 14.4 Å². The molecule has 6 aromatic carbocycles. The standard InChI is InChI=1S/2C26H33NO8.C22H23ClO7.C5H12O/c2*1-27(10-11-30-2)26(29)35-22-9-7-18(15-24(22)33-5)13-20-19(16-34-25(20)28)12-17-6-8-21(31-3)23(14-17)32-4;1-26-17-6-4-13(10-19(17)27-2)8-15-12-29-21(24)16(15)9-14-5-7-18(30-22(23)25)20(11-14)28-3;1-3-4-5-6-2/h2*6-9,14-15,19-20H,10-13,16H2,1-5H3;4-7,10-11,15-16H,8-9,12H2,1-3H3;3-5H2,1-2H3/t2*19-,20+;15-,16+;/m000./s1. The average molecular weight is 1500 g/mol. The van der Waals surface area contributed by atoms with E-state index in [1.165, 1.54) is 44.0 Å². The molecule has 0 saturated carbocycles. The summed E-state index contributed by atoms with van der Waals surface area (Å²) in [6.07, 6.45) is 4.83. The molecular formula is C79H101ClN2O24.